The van der Waals surface area contributed by atoms with Crippen molar-refractivity contribution >= 4 is 5.69 Å². The van der Waals surface area contributed by atoms with Crippen molar-refractivity contribution in [2.75, 3.05) is 25.6 Å². The van der Waals surface area contributed by atoms with Crippen molar-refractivity contribution in [2.24, 2.45) is 0 Å². The van der Waals surface area contributed by atoms with E-state index in [9.17, 15) is 22.0 Å². The molecule has 136 valence electrons. The van der Waals surface area contributed by atoms with E-state index in [0.29, 0.717) is 5.56 Å². The first kappa shape index (κ1) is 19.0. The molecule has 0 spiro atoms. The van der Waals surface area contributed by atoms with Gasteiger partial charge in [-0.05, 0) is 35.9 Å². The Bertz CT molecular complexity index is 719. The van der Waals surface area contributed by atoms with Gasteiger partial charge in [-0.3, -0.25) is 0 Å². The third-order valence-corrected chi connectivity index (χ3v) is 3.32. The molecule has 0 aliphatic rings. The van der Waals surface area contributed by atoms with E-state index in [-0.39, 0.29) is 31.2 Å². The highest BCUT2D eigenvalue weighted by molar-refractivity contribution is 5.58. The van der Waals surface area contributed by atoms with Gasteiger partial charge in [0, 0.05) is 13.7 Å². The number of hydrogen-bond donors (Lipinski definition) is 1. The van der Waals surface area contributed by atoms with Gasteiger partial charge in [-0.25, -0.2) is 8.78 Å². The van der Waals surface area contributed by atoms with Gasteiger partial charge in [0.2, 0.25) is 0 Å². The average Bonchev–Trinajstić information content (AvgIpc) is 2.56. The predicted octanol–water partition coefficient (Wildman–Crippen LogP) is 4.62. The zero-order valence-electron chi connectivity index (χ0n) is 13.3. The van der Waals surface area contributed by atoms with Crippen molar-refractivity contribution in [2.45, 2.75) is 12.7 Å². The molecule has 2 rings (SSSR count). The number of ether oxygens (including phenoxy) is 2. The van der Waals surface area contributed by atoms with Crippen LogP contribution in [0.15, 0.2) is 36.4 Å². The van der Waals surface area contributed by atoms with Crippen LogP contribution in [0, 0.1) is 11.6 Å². The summed E-state index contributed by atoms with van der Waals surface area (Å²) in [6.45, 7) is 0.421. The van der Waals surface area contributed by atoms with E-state index in [4.69, 9.17) is 9.47 Å². The minimum absolute atomic E-state index is 0.000845. The molecule has 0 amide bonds. The van der Waals surface area contributed by atoms with Crippen molar-refractivity contribution in [3.8, 4) is 5.75 Å². The van der Waals surface area contributed by atoms with Gasteiger partial charge < -0.3 is 14.8 Å². The highest BCUT2D eigenvalue weighted by Gasteiger charge is 2.31. The van der Waals surface area contributed by atoms with Gasteiger partial charge in [-0.1, -0.05) is 6.07 Å². The quantitative estimate of drug-likeness (QED) is 0.577. The second-order valence-corrected chi connectivity index (χ2v) is 5.15. The lowest BCUT2D eigenvalue weighted by atomic mass is 10.1. The van der Waals surface area contributed by atoms with E-state index in [1.165, 1.54) is 19.2 Å². The lowest BCUT2D eigenvalue weighted by molar-refractivity contribution is -0.137. The first-order valence-electron chi connectivity index (χ1n) is 7.32. The lowest BCUT2D eigenvalue weighted by Gasteiger charge is -2.16. The van der Waals surface area contributed by atoms with Crippen molar-refractivity contribution in [3.63, 3.8) is 0 Å². The van der Waals surface area contributed by atoms with Gasteiger partial charge in [0.05, 0.1) is 17.9 Å². The van der Waals surface area contributed by atoms with E-state index in [1.54, 1.807) is 0 Å². The van der Waals surface area contributed by atoms with Gasteiger partial charge in [-0.15, -0.1) is 0 Å². The smallest absolute Gasteiger partial charge is 0.416 e. The lowest BCUT2D eigenvalue weighted by Crippen LogP contribution is -2.10. The summed E-state index contributed by atoms with van der Waals surface area (Å²) >= 11 is 0. The zero-order valence-corrected chi connectivity index (χ0v) is 13.3. The summed E-state index contributed by atoms with van der Waals surface area (Å²) in [6, 6.07) is 6.28. The molecule has 8 heteroatoms. The summed E-state index contributed by atoms with van der Waals surface area (Å²) in [5.74, 6) is -1.82. The van der Waals surface area contributed by atoms with E-state index < -0.39 is 23.4 Å². The molecule has 0 fully saturated rings. The number of benzene rings is 2. The molecule has 3 nitrogen and oxygen atoms in total. The topological polar surface area (TPSA) is 30.5 Å². The monoisotopic (exact) mass is 361 g/mol. The molecule has 0 saturated carbocycles. The molecule has 0 unspecified atom stereocenters. The summed E-state index contributed by atoms with van der Waals surface area (Å²) in [7, 11) is 1.47. The molecule has 0 atom stereocenters. The Labute approximate surface area is 141 Å². The normalized spacial score (nSPS) is 11.4. The molecule has 0 heterocycles. The number of anilines is 1. The van der Waals surface area contributed by atoms with Crippen molar-refractivity contribution in [3.05, 3.63) is 59.2 Å². The molecule has 1 N–H and O–H groups in total. The molecule has 0 aliphatic heterocycles. The third kappa shape index (κ3) is 5.32. The first-order valence-corrected chi connectivity index (χ1v) is 7.32. The molecule has 25 heavy (non-hydrogen) atoms. The largest absolute Gasteiger partial charge is 0.489 e. The zero-order chi connectivity index (χ0) is 18.4. The molecule has 0 radical (unpaired) electrons. The molecule has 2 aromatic carbocycles. The van der Waals surface area contributed by atoms with Crippen LogP contribution < -0.4 is 10.1 Å². The van der Waals surface area contributed by atoms with Crippen LogP contribution in [-0.4, -0.2) is 20.3 Å². The van der Waals surface area contributed by atoms with Crippen LogP contribution in [0.5, 0.6) is 5.75 Å². The van der Waals surface area contributed by atoms with Crippen LogP contribution in [0.3, 0.4) is 0 Å². The third-order valence-electron chi connectivity index (χ3n) is 3.32. The summed E-state index contributed by atoms with van der Waals surface area (Å²) in [4.78, 5) is 0. The number of alkyl halides is 3. The average molecular weight is 361 g/mol. The van der Waals surface area contributed by atoms with Crippen molar-refractivity contribution in [1.82, 2.24) is 0 Å². The SMILES string of the molecule is COCCOc1ccc(C(F)(F)F)cc1NCc1ccc(F)c(F)c1. The fourth-order valence-corrected chi connectivity index (χ4v) is 2.05. The van der Waals surface area contributed by atoms with E-state index in [0.717, 1.165) is 24.3 Å². The summed E-state index contributed by atoms with van der Waals surface area (Å²) in [5, 5.41) is 2.76. The van der Waals surface area contributed by atoms with Crippen LogP contribution in [0.1, 0.15) is 11.1 Å². The van der Waals surface area contributed by atoms with Crippen LogP contribution in [0.4, 0.5) is 27.6 Å². The minimum atomic E-state index is -4.51. The summed E-state index contributed by atoms with van der Waals surface area (Å²) < 4.78 is 75.0. The Morgan fingerprint density at radius 1 is 0.960 bits per heavy atom. The van der Waals surface area contributed by atoms with Crippen LogP contribution in [0.2, 0.25) is 0 Å². The second-order valence-electron chi connectivity index (χ2n) is 5.15. The number of nitrogens with one attached hydrogen (secondary N) is 1. The number of rotatable bonds is 7. The maximum Gasteiger partial charge on any atom is 0.416 e. The Morgan fingerprint density at radius 3 is 2.36 bits per heavy atom. The highest BCUT2D eigenvalue weighted by Crippen LogP contribution is 2.35. The molecular formula is C17H16F5NO2. The fourth-order valence-electron chi connectivity index (χ4n) is 2.05. The maximum atomic E-state index is 13.2. The standard InChI is InChI=1S/C17H16F5NO2/c1-24-6-7-25-16-5-3-12(17(20,21)22)9-15(16)23-10-11-2-4-13(18)14(19)8-11/h2-5,8-9,23H,6-7,10H2,1H3. The van der Waals surface area contributed by atoms with Gasteiger partial charge in [0.15, 0.2) is 11.6 Å². The van der Waals surface area contributed by atoms with E-state index in [1.807, 2.05) is 0 Å². The Hall–Kier alpha value is -2.35. The number of methoxy groups -OCH3 is 1. The van der Waals surface area contributed by atoms with Crippen molar-refractivity contribution < 1.29 is 31.4 Å². The first-order chi connectivity index (χ1) is 11.8. The van der Waals surface area contributed by atoms with E-state index >= 15 is 0 Å². The van der Waals surface area contributed by atoms with Crippen molar-refractivity contribution in [1.29, 1.82) is 0 Å². The van der Waals surface area contributed by atoms with E-state index in [2.05, 4.69) is 5.32 Å². The summed E-state index contributed by atoms with van der Waals surface area (Å²) in [6.07, 6.45) is -4.51. The number of hydrogen-bond acceptors (Lipinski definition) is 3. The van der Waals surface area contributed by atoms with Gasteiger partial charge >= 0.3 is 6.18 Å². The molecular weight excluding hydrogens is 345 g/mol. The van der Waals surface area contributed by atoms with Gasteiger partial charge in [0.25, 0.3) is 0 Å². The van der Waals surface area contributed by atoms with Crippen LogP contribution in [-0.2, 0) is 17.5 Å². The molecule has 0 bridgehead atoms. The Kier molecular flexibility index (Phi) is 6.19. The molecule has 0 saturated heterocycles. The van der Waals surface area contributed by atoms with Gasteiger partial charge in [-0.2, -0.15) is 13.2 Å². The molecule has 0 aromatic heterocycles. The summed E-state index contributed by atoms with van der Waals surface area (Å²) in [5.41, 5.74) is -0.380. The number of halogens is 5. The minimum Gasteiger partial charge on any atom is -0.489 e. The second kappa shape index (κ2) is 8.15. The van der Waals surface area contributed by atoms with Crippen LogP contribution >= 0.6 is 0 Å². The van der Waals surface area contributed by atoms with Crippen LogP contribution in [0.25, 0.3) is 0 Å². The molecule has 0 aliphatic carbocycles. The highest BCUT2D eigenvalue weighted by atomic mass is 19.4. The Balaban J connectivity index is 2.20. The fraction of sp³-hybridized carbons (Fsp3) is 0.294. The Morgan fingerprint density at radius 2 is 1.72 bits per heavy atom. The van der Waals surface area contributed by atoms with Gasteiger partial charge in [0.1, 0.15) is 12.4 Å². The molecule has 2 aromatic rings. The predicted molar refractivity (Wildman–Crippen MR) is 82.5 cm³/mol. The maximum absolute atomic E-state index is 13.2.